The van der Waals surface area contributed by atoms with Crippen LogP contribution >= 0.6 is 19.5 Å². The van der Waals surface area contributed by atoms with Crippen molar-refractivity contribution in [3.63, 3.8) is 0 Å². The summed E-state index contributed by atoms with van der Waals surface area (Å²) < 4.78 is 36.4. The monoisotopic (exact) mass is 339 g/mol. The van der Waals surface area contributed by atoms with Gasteiger partial charge in [-0.2, -0.15) is 0 Å². The summed E-state index contributed by atoms with van der Waals surface area (Å²) in [4.78, 5) is 24.6. The van der Waals surface area contributed by atoms with E-state index in [2.05, 4.69) is 12.2 Å². The van der Waals surface area contributed by atoms with Crippen LogP contribution in [0.4, 0.5) is 4.39 Å². The number of alkyl halides is 1. The van der Waals surface area contributed by atoms with Gasteiger partial charge < -0.3 is 9.84 Å². The van der Waals surface area contributed by atoms with Crippen molar-refractivity contribution in [1.29, 1.82) is 0 Å². The fourth-order valence-corrected chi connectivity index (χ4v) is 2.89. The summed E-state index contributed by atoms with van der Waals surface area (Å²) in [5.41, 5.74) is -1.50. The van der Waals surface area contributed by atoms with Crippen LogP contribution in [0.15, 0.2) is 21.9 Å². The summed E-state index contributed by atoms with van der Waals surface area (Å²) in [6.45, 7) is 1.34. The van der Waals surface area contributed by atoms with E-state index in [1.54, 1.807) is 0 Å². The molecule has 8 nitrogen and oxygen atoms in total. The minimum atomic E-state index is -2.42. The molecule has 0 bridgehead atoms. The Morgan fingerprint density at radius 2 is 2.29 bits per heavy atom. The van der Waals surface area contributed by atoms with Gasteiger partial charge >= 0.3 is 12.9 Å². The predicted octanol–water partition coefficient (Wildman–Crippen LogP) is 0.125. The topological polar surface area (TPSA) is 111 Å². The van der Waals surface area contributed by atoms with Gasteiger partial charge in [0.1, 0.15) is 18.4 Å². The van der Waals surface area contributed by atoms with Gasteiger partial charge in [0.05, 0.1) is 6.10 Å². The molecule has 0 saturated carbocycles. The highest BCUT2D eigenvalue weighted by Gasteiger charge is 2.52. The quantitative estimate of drug-likeness (QED) is 0.531. The first-order valence-electron chi connectivity index (χ1n) is 5.93. The first-order valence-corrected chi connectivity index (χ1v) is 8.26. The molecule has 1 aliphatic rings. The molecule has 1 aromatic rings. The minimum Gasteiger partial charge on any atom is -0.391 e. The zero-order chi connectivity index (χ0) is 15.7. The van der Waals surface area contributed by atoms with Crippen LogP contribution in [-0.4, -0.2) is 39.1 Å². The third-order valence-electron chi connectivity index (χ3n) is 3.02. The summed E-state index contributed by atoms with van der Waals surface area (Å²) in [5, 5.41) is 9.59. The van der Waals surface area contributed by atoms with Gasteiger partial charge in [-0.3, -0.25) is 14.3 Å². The molecule has 0 spiro atoms. The lowest BCUT2D eigenvalue weighted by Crippen LogP contribution is -2.37. The second-order valence-corrected chi connectivity index (χ2v) is 6.17. The van der Waals surface area contributed by atoms with Crippen molar-refractivity contribution in [3.8, 4) is 0 Å². The maximum atomic E-state index is 14.4. The van der Waals surface area contributed by atoms with Gasteiger partial charge in [-0.1, -0.05) is 0 Å². The van der Waals surface area contributed by atoms with Gasteiger partial charge in [0.25, 0.3) is 5.56 Å². The molecule has 6 atom stereocenters. The molecule has 2 rings (SSSR count). The highest BCUT2D eigenvalue weighted by Crippen LogP contribution is 2.40. The van der Waals surface area contributed by atoms with Crippen LogP contribution in [-0.2, 0) is 13.8 Å². The van der Waals surface area contributed by atoms with Crippen molar-refractivity contribution in [1.82, 2.24) is 9.55 Å². The second-order valence-electron chi connectivity index (χ2n) is 4.50. The van der Waals surface area contributed by atoms with E-state index >= 15 is 0 Å². The second kappa shape index (κ2) is 6.37. The number of rotatable bonds is 4. The number of nitrogens with one attached hydrogen (secondary N) is 1. The van der Waals surface area contributed by atoms with Crippen molar-refractivity contribution in [2.75, 3.05) is 0 Å². The molecule has 0 radical (unpaired) electrons. The Morgan fingerprint density at radius 1 is 1.62 bits per heavy atom. The number of halogens is 1. The number of H-pyrrole nitrogens is 1. The number of thiol groups is 1. The number of aliphatic hydroxyl groups excluding tert-OH is 1. The highest BCUT2D eigenvalue weighted by atomic mass is 32.7. The lowest BCUT2D eigenvalue weighted by molar-refractivity contribution is -0.0747. The fourth-order valence-electron chi connectivity index (χ4n) is 2.11. The number of aliphatic hydroxyl groups is 1. The van der Waals surface area contributed by atoms with Gasteiger partial charge in [-0.05, 0) is 11.5 Å². The Kier molecular flexibility index (Phi) is 4.95. The molecule has 1 saturated heterocycles. The largest absolute Gasteiger partial charge is 0.582 e. The number of aromatic nitrogens is 2. The first-order chi connectivity index (χ1) is 9.81. The number of hydrogen-bond donors (Lipinski definition) is 3. The van der Waals surface area contributed by atoms with Crippen LogP contribution in [0.2, 0.25) is 0 Å². The SMILES string of the molecule is C[C@H](O)[C@H]1O[C@@H](n2ccc(=O)[nH]c2=O)[C@@H](F)C1O[P+](=O)S. The number of nitrogens with zero attached hydrogens (tertiary/aromatic N) is 1. The minimum absolute atomic E-state index is 0.636. The summed E-state index contributed by atoms with van der Waals surface area (Å²) >= 11 is 3.54. The lowest BCUT2D eigenvalue weighted by atomic mass is 10.1. The van der Waals surface area contributed by atoms with Crippen LogP contribution in [0.25, 0.3) is 0 Å². The van der Waals surface area contributed by atoms with E-state index in [4.69, 9.17) is 9.26 Å². The van der Waals surface area contributed by atoms with E-state index in [9.17, 15) is 23.7 Å². The third-order valence-corrected chi connectivity index (χ3v) is 3.73. The molecule has 1 aliphatic heterocycles. The Morgan fingerprint density at radius 3 is 2.81 bits per heavy atom. The van der Waals surface area contributed by atoms with Gasteiger partial charge in [-0.15, -0.1) is 4.52 Å². The van der Waals surface area contributed by atoms with Gasteiger partial charge in [-0.25, -0.2) is 9.18 Å². The maximum Gasteiger partial charge on any atom is 0.582 e. The molecule has 11 heteroatoms. The van der Waals surface area contributed by atoms with E-state index in [1.807, 2.05) is 4.98 Å². The Hall–Kier alpha value is -1.06. The van der Waals surface area contributed by atoms with E-state index in [-0.39, 0.29) is 0 Å². The molecule has 21 heavy (non-hydrogen) atoms. The fraction of sp³-hybridized carbons (Fsp3) is 0.600. The standard InChI is InChI=1S/C10H12FN2O6PS/c1-4(14)7-8(19-20(17)21)6(11)9(18-7)13-3-2-5(15)12-10(13)16/h2-4,6-9,14H,1H3,(H-,12,15,16,17,21)/p+1/t4-,6-,7+,8?,9+/m0/s1. The number of hydrogen-bond acceptors (Lipinski definition) is 6. The van der Waals surface area contributed by atoms with Crippen molar-refractivity contribution < 1.29 is 23.3 Å². The Bertz CT molecular complexity index is 649. The molecular weight excluding hydrogens is 326 g/mol. The third kappa shape index (κ3) is 3.41. The summed E-state index contributed by atoms with van der Waals surface area (Å²) in [6.07, 6.45) is -5.83. The number of aromatic amines is 1. The predicted molar refractivity (Wildman–Crippen MR) is 73.3 cm³/mol. The Labute approximate surface area is 123 Å². The molecule has 2 heterocycles. The highest BCUT2D eigenvalue weighted by molar-refractivity contribution is 8.39. The molecule has 1 fully saturated rings. The molecular formula is C10H13FN2O6PS+. The molecule has 2 unspecified atom stereocenters. The zero-order valence-corrected chi connectivity index (χ0v) is 12.5. The molecule has 2 N–H and O–H groups in total. The average molecular weight is 339 g/mol. The van der Waals surface area contributed by atoms with Gasteiger partial charge in [0, 0.05) is 12.3 Å². The van der Waals surface area contributed by atoms with Crippen LogP contribution in [0.3, 0.4) is 0 Å². The van der Waals surface area contributed by atoms with E-state index < -0.39 is 49.2 Å². The van der Waals surface area contributed by atoms with Gasteiger partial charge in [0.15, 0.2) is 18.5 Å². The summed E-state index contributed by atoms with van der Waals surface area (Å²) in [7, 11) is -2.42. The van der Waals surface area contributed by atoms with Crippen molar-refractivity contribution in [3.05, 3.63) is 33.1 Å². The zero-order valence-electron chi connectivity index (χ0n) is 10.7. The van der Waals surface area contributed by atoms with E-state index in [0.29, 0.717) is 0 Å². The van der Waals surface area contributed by atoms with Crippen molar-refractivity contribution in [2.24, 2.45) is 0 Å². The normalized spacial score (nSPS) is 31.1. The summed E-state index contributed by atoms with van der Waals surface area (Å²) in [6, 6.07) is 1.03. The molecule has 116 valence electrons. The smallest absolute Gasteiger partial charge is 0.391 e. The molecule has 1 aromatic heterocycles. The Balaban J connectivity index is 2.35. The first kappa shape index (κ1) is 16.3. The van der Waals surface area contributed by atoms with Crippen molar-refractivity contribution >= 4 is 19.5 Å². The number of ether oxygens (including phenoxy) is 1. The lowest BCUT2D eigenvalue weighted by Gasteiger charge is -2.17. The van der Waals surface area contributed by atoms with Crippen LogP contribution in [0.1, 0.15) is 13.2 Å². The van der Waals surface area contributed by atoms with Crippen LogP contribution in [0, 0.1) is 0 Å². The van der Waals surface area contributed by atoms with Crippen LogP contribution < -0.4 is 11.2 Å². The summed E-state index contributed by atoms with van der Waals surface area (Å²) in [5.74, 6) is 0. The van der Waals surface area contributed by atoms with E-state index in [1.165, 1.54) is 6.92 Å². The maximum absolute atomic E-state index is 14.4. The van der Waals surface area contributed by atoms with Gasteiger partial charge in [0.2, 0.25) is 0 Å². The van der Waals surface area contributed by atoms with Crippen molar-refractivity contribution in [2.45, 2.75) is 37.6 Å². The van der Waals surface area contributed by atoms with Crippen LogP contribution in [0.5, 0.6) is 0 Å². The molecule has 0 amide bonds. The molecule has 0 aliphatic carbocycles. The average Bonchev–Trinajstić information content (AvgIpc) is 2.67. The molecule has 0 aromatic carbocycles. The van der Waals surface area contributed by atoms with E-state index in [0.717, 1.165) is 16.8 Å².